The maximum atomic E-state index is 6.05. The van der Waals surface area contributed by atoms with Gasteiger partial charge in [0, 0.05) is 28.9 Å². The Hall–Kier alpha value is -3.12. The average molecular weight is 391 g/mol. The van der Waals surface area contributed by atoms with Gasteiger partial charge in [0.15, 0.2) is 0 Å². The molecule has 0 fully saturated rings. The van der Waals surface area contributed by atoms with Crippen molar-refractivity contribution in [1.29, 1.82) is 0 Å². The number of nitrogens with one attached hydrogen (secondary N) is 2. The molecule has 1 unspecified atom stereocenters. The highest BCUT2D eigenvalue weighted by Gasteiger charge is 2.25. The molecule has 3 heterocycles. The van der Waals surface area contributed by atoms with Crippen LogP contribution >= 0.6 is 11.6 Å². The quantitative estimate of drug-likeness (QED) is 0.531. The van der Waals surface area contributed by atoms with E-state index >= 15 is 0 Å². The van der Waals surface area contributed by atoms with Crippen molar-refractivity contribution in [2.24, 2.45) is 0 Å². The molecule has 7 heteroatoms. The first-order valence-electron chi connectivity index (χ1n) is 9.25. The molecule has 5 rings (SSSR count). The summed E-state index contributed by atoms with van der Waals surface area (Å²) in [7, 11) is 0. The molecule has 1 aliphatic heterocycles. The van der Waals surface area contributed by atoms with Crippen LogP contribution in [-0.4, -0.2) is 25.0 Å². The predicted molar refractivity (Wildman–Crippen MR) is 110 cm³/mol. The largest absolute Gasteiger partial charge is 0.378 e. The summed E-state index contributed by atoms with van der Waals surface area (Å²) < 4.78 is 2.16. The van der Waals surface area contributed by atoms with Crippen molar-refractivity contribution in [3.63, 3.8) is 0 Å². The molecule has 1 aliphatic rings. The topological polar surface area (TPSA) is 71.4 Å². The Kier molecular flexibility index (Phi) is 4.13. The van der Waals surface area contributed by atoms with E-state index in [9.17, 15) is 0 Å². The van der Waals surface area contributed by atoms with Gasteiger partial charge >= 0.3 is 0 Å². The van der Waals surface area contributed by atoms with Crippen molar-refractivity contribution in [2.75, 3.05) is 5.32 Å². The molecule has 0 spiro atoms. The van der Waals surface area contributed by atoms with E-state index in [-0.39, 0.29) is 6.04 Å². The van der Waals surface area contributed by atoms with E-state index in [1.807, 2.05) is 43.6 Å². The first kappa shape index (κ1) is 17.0. The second-order valence-electron chi connectivity index (χ2n) is 7.00. The number of halogens is 1. The lowest BCUT2D eigenvalue weighted by molar-refractivity contribution is 0.686. The first-order chi connectivity index (χ1) is 13.7. The summed E-state index contributed by atoms with van der Waals surface area (Å²) in [6, 6.07) is 14.5. The van der Waals surface area contributed by atoms with Gasteiger partial charge in [0.05, 0.1) is 17.9 Å². The minimum absolute atomic E-state index is 0.143. The smallest absolute Gasteiger partial charge is 0.137 e. The molecule has 0 aliphatic carbocycles. The molecule has 0 amide bonds. The summed E-state index contributed by atoms with van der Waals surface area (Å²) in [6.07, 6.45) is 5.52. The van der Waals surface area contributed by atoms with Gasteiger partial charge in [-0.05, 0) is 60.9 Å². The van der Waals surface area contributed by atoms with Crippen molar-refractivity contribution in [3.8, 4) is 16.8 Å². The second-order valence-corrected chi connectivity index (χ2v) is 7.44. The van der Waals surface area contributed by atoms with Crippen LogP contribution in [0.1, 0.15) is 29.7 Å². The van der Waals surface area contributed by atoms with Gasteiger partial charge in [-0.1, -0.05) is 17.7 Å². The number of hydrogen-bond acceptors (Lipinski definition) is 4. The van der Waals surface area contributed by atoms with Crippen molar-refractivity contribution >= 4 is 17.3 Å². The van der Waals surface area contributed by atoms with Gasteiger partial charge in [-0.15, -0.1) is 10.2 Å². The maximum absolute atomic E-state index is 6.05. The average Bonchev–Trinajstić information content (AvgIpc) is 3.33. The second kappa shape index (κ2) is 6.80. The molecule has 0 saturated carbocycles. The number of benzene rings is 2. The van der Waals surface area contributed by atoms with Crippen molar-refractivity contribution < 1.29 is 0 Å². The Bertz CT molecular complexity index is 1110. The van der Waals surface area contributed by atoms with E-state index in [0.717, 1.165) is 52.0 Å². The van der Waals surface area contributed by atoms with Crippen LogP contribution in [0, 0.1) is 6.92 Å². The molecular weight excluding hydrogens is 372 g/mol. The van der Waals surface area contributed by atoms with Crippen LogP contribution < -0.4 is 5.32 Å². The van der Waals surface area contributed by atoms with Gasteiger partial charge in [-0.3, -0.25) is 9.67 Å². The van der Waals surface area contributed by atoms with Crippen molar-refractivity contribution in [3.05, 3.63) is 77.1 Å². The fourth-order valence-corrected chi connectivity index (χ4v) is 3.96. The van der Waals surface area contributed by atoms with Crippen molar-refractivity contribution in [1.82, 2.24) is 25.0 Å². The van der Waals surface area contributed by atoms with Crippen molar-refractivity contribution in [2.45, 2.75) is 25.8 Å². The van der Waals surface area contributed by atoms with E-state index < -0.39 is 0 Å². The van der Waals surface area contributed by atoms with Gasteiger partial charge in [0.2, 0.25) is 0 Å². The molecule has 2 aromatic carbocycles. The predicted octanol–water partition coefficient (Wildman–Crippen LogP) is 4.72. The zero-order chi connectivity index (χ0) is 19.1. The van der Waals surface area contributed by atoms with Gasteiger partial charge in [-0.2, -0.15) is 5.10 Å². The number of rotatable bonds is 3. The molecule has 0 radical (unpaired) electrons. The third kappa shape index (κ3) is 2.96. The van der Waals surface area contributed by atoms with Gasteiger partial charge in [-0.25, -0.2) is 0 Å². The Morgan fingerprint density at radius 3 is 2.75 bits per heavy atom. The summed E-state index contributed by atoms with van der Waals surface area (Å²) in [5.74, 6) is 1.90. The number of aromatic amines is 1. The first-order valence-corrected chi connectivity index (χ1v) is 9.63. The van der Waals surface area contributed by atoms with Gasteiger partial charge in [0.25, 0.3) is 0 Å². The fourth-order valence-electron chi connectivity index (χ4n) is 3.83. The molecule has 1 atom stereocenters. The lowest BCUT2D eigenvalue weighted by atomic mass is 9.97. The molecule has 4 aromatic rings. The number of aryl methyl sites for hydroxylation is 2. The van der Waals surface area contributed by atoms with Crippen LogP contribution in [0.25, 0.3) is 16.8 Å². The third-order valence-electron chi connectivity index (χ3n) is 5.21. The summed E-state index contributed by atoms with van der Waals surface area (Å²) in [5, 5.41) is 20.1. The maximum Gasteiger partial charge on any atom is 0.137 e. The van der Waals surface area contributed by atoms with Crippen LogP contribution in [-0.2, 0) is 6.42 Å². The lowest BCUT2D eigenvalue weighted by Gasteiger charge is -2.22. The Morgan fingerprint density at radius 1 is 1.11 bits per heavy atom. The standard InChI is InChI=1S/C21H19ClN6/c1-13-26-27-21-9-7-19(25-17-5-3-16(22)4-6-17)18-10-14(15-11-23-24-12-15)2-8-20(18)28(13)21/h2-6,8,10-12,19,25H,7,9H2,1H3,(H,23,24). The van der Waals surface area contributed by atoms with E-state index in [2.05, 4.69) is 48.5 Å². The molecule has 2 N–H and O–H groups in total. The Morgan fingerprint density at radius 2 is 1.96 bits per heavy atom. The number of anilines is 1. The van der Waals surface area contributed by atoms with Crippen LogP contribution in [0.5, 0.6) is 0 Å². The minimum Gasteiger partial charge on any atom is -0.378 e. The SMILES string of the molecule is Cc1nnc2n1-c1ccc(-c3cn[nH]c3)cc1C(Nc1ccc(Cl)cc1)CC2. The van der Waals surface area contributed by atoms with Crippen LogP contribution in [0.4, 0.5) is 5.69 Å². The summed E-state index contributed by atoms with van der Waals surface area (Å²) in [6.45, 7) is 2.00. The Labute approximate surface area is 167 Å². The minimum atomic E-state index is 0.143. The monoisotopic (exact) mass is 390 g/mol. The van der Waals surface area contributed by atoms with E-state index in [1.165, 1.54) is 5.56 Å². The van der Waals surface area contributed by atoms with Gasteiger partial charge < -0.3 is 5.32 Å². The summed E-state index contributed by atoms with van der Waals surface area (Å²) in [4.78, 5) is 0. The van der Waals surface area contributed by atoms with E-state index in [0.29, 0.717) is 0 Å². The zero-order valence-corrected chi connectivity index (χ0v) is 16.1. The molecule has 0 saturated heterocycles. The third-order valence-corrected chi connectivity index (χ3v) is 5.46. The number of aromatic nitrogens is 5. The molecule has 6 nitrogen and oxygen atoms in total. The zero-order valence-electron chi connectivity index (χ0n) is 15.4. The summed E-state index contributed by atoms with van der Waals surface area (Å²) >= 11 is 6.05. The highest BCUT2D eigenvalue weighted by atomic mass is 35.5. The fraction of sp³-hybridized carbons (Fsp3) is 0.190. The molecule has 2 aromatic heterocycles. The molecular formula is C21H19ClN6. The van der Waals surface area contributed by atoms with E-state index in [1.54, 1.807) is 0 Å². The Balaban J connectivity index is 1.62. The number of nitrogens with zero attached hydrogens (tertiary/aromatic N) is 4. The number of H-pyrrole nitrogens is 1. The van der Waals surface area contributed by atoms with Crippen LogP contribution in [0.15, 0.2) is 54.9 Å². The lowest BCUT2D eigenvalue weighted by Crippen LogP contribution is -2.12. The normalized spacial score (nSPS) is 15.6. The highest BCUT2D eigenvalue weighted by molar-refractivity contribution is 6.30. The molecule has 0 bridgehead atoms. The van der Waals surface area contributed by atoms with Crippen LogP contribution in [0.2, 0.25) is 5.02 Å². The molecule has 140 valence electrons. The van der Waals surface area contributed by atoms with E-state index in [4.69, 9.17) is 11.6 Å². The number of fused-ring (bicyclic) bond motifs is 3. The van der Waals surface area contributed by atoms with Gasteiger partial charge in [0.1, 0.15) is 11.6 Å². The number of hydrogen-bond donors (Lipinski definition) is 2. The van der Waals surface area contributed by atoms with Crippen LogP contribution in [0.3, 0.4) is 0 Å². The summed E-state index contributed by atoms with van der Waals surface area (Å²) in [5.41, 5.74) is 5.58. The molecule has 28 heavy (non-hydrogen) atoms. The highest BCUT2D eigenvalue weighted by Crippen LogP contribution is 2.36.